The summed E-state index contributed by atoms with van der Waals surface area (Å²) in [4.78, 5) is 27.8. The molecule has 35 heavy (non-hydrogen) atoms. The van der Waals surface area contributed by atoms with E-state index in [1.54, 1.807) is 12.1 Å². The van der Waals surface area contributed by atoms with Gasteiger partial charge in [-0.2, -0.15) is 5.26 Å². The van der Waals surface area contributed by atoms with Crippen molar-refractivity contribution in [1.82, 2.24) is 4.90 Å². The smallest absolute Gasteiger partial charge is 0.308 e. The number of esters is 1. The number of rotatable bonds is 10. The van der Waals surface area contributed by atoms with Gasteiger partial charge in [0.15, 0.2) is 0 Å². The first-order chi connectivity index (χ1) is 16.7. The Kier molecular flexibility index (Phi) is 8.92. The van der Waals surface area contributed by atoms with Gasteiger partial charge in [-0.25, -0.2) is 0 Å². The van der Waals surface area contributed by atoms with E-state index in [0.29, 0.717) is 36.4 Å². The number of nitrogens with zero attached hydrogens (tertiary/aromatic N) is 2. The SMILES string of the molecule is CCCCCC(CC(=O)OC(C)(C)C)N1CCc2cc(OCc3ccc(C#N)cc3)ccc2C1=O. The zero-order valence-corrected chi connectivity index (χ0v) is 21.3. The minimum absolute atomic E-state index is 0.0325. The summed E-state index contributed by atoms with van der Waals surface area (Å²) in [6.45, 7) is 8.69. The highest BCUT2D eigenvalue weighted by Gasteiger charge is 2.32. The van der Waals surface area contributed by atoms with Crippen molar-refractivity contribution in [3.8, 4) is 11.8 Å². The molecule has 0 N–H and O–H groups in total. The van der Waals surface area contributed by atoms with Crippen LogP contribution in [0, 0.1) is 11.3 Å². The Labute approximate surface area is 208 Å². The highest BCUT2D eigenvalue weighted by atomic mass is 16.6. The lowest BCUT2D eigenvalue weighted by atomic mass is 9.95. The Bertz CT molecular complexity index is 1060. The lowest BCUT2D eigenvalue weighted by Crippen LogP contribution is -2.46. The Balaban J connectivity index is 1.68. The average molecular weight is 477 g/mol. The summed E-state index contributed by atoms with van der Waals surface area (Å²) < 4.78 is 11.5. The van der Waals surface area contributed by atoms with Crippen LogP contribution in [-0.4, -0.2) is 35.0 Å². The molecule has 2 aromatic rings. The largest absolute Gasteiger partial charge is 0.489 e. The number of benzene rings is 2. The second-order valence-corrected chi connectivity index (χ2v) is 10.1. The maximum absolute atomic E-state index is 13.4. The molecular weight excluding hydrogens is 440 g/mol. The third-order valence-electron chi connectivity index (χ3n) is 6.08. The molecule has 0 aromatic heterocycles. The molecule has 1 atom stereocenters. The van der Waals surface area contributed by atoms with E-state index in [9.17, 15) is 9.59 Å². The molecule has 1 aliphatic heterocycles. The van der Waals surface area contributed by atoms with E-state index < -0.39 is 5.60 Å². The molecular formula is C29H36N2O4. The topological polar surface area (TPSA) is 79.6 Å². The van der Waals surface area contributed by atoms with E-state index in [2.05, 4.69) is 13.0 Å². The minimum Gasteiger partial charge on any atom is -0.489 e. The third-order valence-corrected chi connectivity index (χ3v) is 6.08. The van der Waals surface area contributed by atoms with Gasteiger partial charge in [-0.1, -0.05) is 38.3 Å². The van der Waals surface area contributed by atoms with Gasteiger partial charge in [-0.15, -0.1) is 0 Å². The molecule has 6 heteroatoms. The van der Waals surface area contributed by atoms with E-state index in [4.69, 9.17) is 14.7 Å². The van der Waals surface area contributed by atoms with Crippen LogP contribution in [0.4, 0.5) is 0 Å². The molecule has 0 saturated heterocycles. The molecule has 3 rings (SSSR count). The Morgan fingerprint density at radius 2 is 1.89 bits per heavy atom. The molecule has 2 aromatic carbocycles. The summed E-state index contributed by atoms with van der Waals surface area (Å²) in [7, 11) is 0. The number of carbonyl (C=O) groups excluding carboxylic acids is 2. The lowest BCUT2D eigenvalue weighted by molar-refractivity contribution is -0.156. The lowest BCUT2D eigenvalue weighted by Gasteiger charge is -2.36. The summed E-state index contributed by atoms with van der Waals surface area (Å²) >= 11 is 0. The summed E-state index contributed by atoms with van der Waals surface area (Å²) in [6, 6.07) is 14.8. The van der Waals surface area contributed by atoms with Crippen molar-refractivity contribution in [2.75, 3.05) is 6.54 Å². The number of ether oxygens (including phenoxy) is 2. The first-order valence-electron chi connectivity index (χ1n) is 12.5. The third kappa shape index (κ3) is 7.58. The second kappa shape index (κ2) is 11.9. The number of unbranched alkanes of at least 4 members (excludes halogenated alkanes) is 2. The van der Waals surface area contributed by atoms with E-state index in [1.165, 1.54) is 0 Å². The minimum atomic E-state index is -0.544. The molecule has 1 amide bonds. The van der Waals surface area contributed by atoms with Gasteiger partial charge < -0.3 is 14.4 Å². The summed E-state index contributed by atoms with van der Waals surface area (Å²) in [5, 5.41) is 8.93. The summed E-state index contributed by atoms with van der Waals surface area (Å²) in [6.07, 6.45) is 4.86. The Morgan fingerprint density at radius 1 is 1.14 bits per heavy atom. The normalized spacial score (nSPS) is 14.1. The fourth-order valence-electron chi connectivity index (χ4n) is 4.34. The standard InChI is InChI=1S/C29H36N2O4/c1-5-6-7-8-24(18-27(32)35-29(2,3)4)31-16-15-23-17-25(13-14-26(23)28(31)33)34-20-22-11-9-21(19-30)10-12-22/h9-14,17,24H,5-8,15-16,18,20H2,1-4H3. The molecule has 1 unspecified atom stereocenters. The molecule has 0 fully saturated rings. The molecule has 1 aliphatic rings. The van der Waals surface area contributed by atoms with Gasteiger partial charge in [0.05, 0.1) is 18.1 Å². The van der Waals surface area contributed by atoms with E-state index in [0.717, 1.165) is 36.8 Å². The molecule has 6 nitrogen and oxygen atoms in total. The van der Waals surface area contributed by atoms with Crippen LogP contribution in [0.2, 0.25) is 0 Å². The van der Waals surface area contributed by atoms with Crippen molar-refractivity contribution >= 4 is 11.9 Å². The van der Waals surface area contributed by atoms with Gasteiger partial charge in [0, 0.05) is 18.2 Å². The van der Waals surface area contributed by atoms with Crippen molar-refractivity contribution in [1.29, 1.82) is 5.26 Å². The van der Waals surface area contributed by atoms with Gasteiger partial charge in [-0.05, 0) is 75.1 Å². The molecule has 0 spiro atoms. The van der Waals surface area contributed by atoms with Crippen LogP contribution < -0.4 is 4.74 Å². The van der Waals surface area contributed by atoms with Gasteiger partial charge in [0.1, 0.15) is 18.0 Å². The highest BCUT2D eigenvalue weighted by molar-refractivity contribution is 5.97. The van der Waals surface area contributed by atoms with Crippen molar-refractivity contribution in [3.05, 3.63) is 64.7 Å². The molecule has 186 valence electrons. The molecule has 1 heterocycles. The van der Waals surface area contributed by atoms with Crippen LogP contribution in [0.5, 0.6) is 5.75 Å². The molecule has 0 bridgehead atoms. The van der Waals surface area contributed by atoms with Crippen molar-refractivity contribution in [3.63, 3.8) is 0 Å². The number of amides is 1. The first-order valence-corrected chi connectivity index (χ1v) is 12.5. The molecule has 0 aliphatic carbocycles. The number of fused-ring (bicyclic) bond motifs is 1. The molecule has 0 saturated carbocycles. The van der Waals surface area contributed by atoms with Crippen molar-refractivity contribution in [2.24, 2.45) is 0 Å². The summed E-state index contributed by atoms with van der Waals surface area (Å²) in [5.74, 6) is 0.418. The average Bonchev–Trinajstić information content (AvgIpc) is 2.81. The maximum atomic E-state index is 13.4. The first kappa shape index (κ1) is 26.3. The Morgan fingerprint density at radius 3 is 2.54 bits per heavy atom. The fourth-order valence-corrected chi connectivity index (χ4v) is 4.34. The van der Waals surface area contributed by atoms with E-state index in [1.807, 2.05) is 56.0 Å². The van der Waals surface area contributed by atoms with Gasteiger partial charge >= 0.3 is 5.97 Å². The van der Waals surface area contributed by atoms with Crippen LogP contribution in [0.3, 0.4) is 0 Å². The van der Waals surface area contributed by atoms with Gasteiger partial charge in [-0.3, -0.25) is 9.59 Å². The van der Waals surface area contributed by atoms with E-state index in [-0.39, 0.29) is 24.3 Å². The van der Waals surface area contributed by atoms with Crippen molar-refractivity contribution in [2.45, 2.75) is 84.5 Å². The highest BCUT2D eigenvalue weighted by Crippen LogP contribution is 2.28. The maximum Gasteiger partial charge on any atom is 0.308 e. The zero-order valence-electron chi connectivity index (χ0n) is 21.3. The van der Waals surface area contributed by atoms with E-state index >= 15 is 0 Å². The fraction of sp³-hybridized carbons (Fsp3) is 0.483. The number of nitriles is 1. The second-order valence-electron chi connectivity index (χ2n) is 10.1. The number of carbonyl (C=O) groups is 2. The van der Waals surface area contributed by atoms with Gasteiger partial charge in [0.2, 0.25) is 0 Å². The Hall–Kier alpha value is -3.33. The van der Waals surface area contributed by atoms with Crippen LogP contribution in [0.25, 0.3) is 0 Å². The van der Waals surface area contributed by atoms with Crippen LogP contribution in [0.15, 0.2) is 42.5 Å². The van der Waals surface area contributed by atoms with Crippen LogP contribution >= 0.6 is 0 Å². The number of hydrogen-bond acceptors (Lipinski definition) is 5. The predicted molar refractivity (Wildman–Crippen MR) is 135 cm³/mol. The van der Waals surface area contributed by atoms with Crippen LogP contribution in [-0.2, 0) is 22.6 Å². The monoisotopic (exact) mass is 476 g/mol. The zero-order chi connectivity index (χ0) is 25.4. The summed E-state index contributed by atoms with van der Waals surface area (Å²) in [5.41, 5.74) is 2.68. The van der Waals surface area contributed by atoms with Gasteiger partial charge in [0.25, 0.3) is 5.91 Å². The number of hydrogen-bond donors (Lipinski definition) is 0. The van der Waals surface area contributed by atoms with Crippen molar-refractivity contribution < 1.29 is 19.1 Å². The predicted octanol–water partition coefficient (Wildman–Crippen LogP) is 5.82. The molecule has 0 radical (unpaired) electrons. The van der Waals surface area contributed by atoms with Crippen LogP contribution in [0.1, 0.15) is 86.8 Å². The quantitative estimate of drug-likeness (QED) is 0.319.